The standard InChI is InChI=1S/C16H13ClFNO/c1-11-2-8-14(18)10-15(11)19-16(20)9-5-12-3-6-13(17)7-4-12/h2-10H,1H3,(H,19,20)/b9-5+. The Balaban J connectivity index is 2.05. The van der Waals surface area contributed by atoms with Crippen LogP contribution in [0.4, 0.5) is 10.1 Å². The molecule has 0 radical (unpaired) electrons. The Hall–Kier alpha value is -2.13. The summed E-state index contributed by atoms with van der Waals surface area (Å²) in [6, 6.07) is 11.4. The lowest BCUT2D eigenvalue weighted by molar-refractivity contribution is -0.111. The zero-order valence-electron chi connectivity index (χ0n) is 10.9. The molecule has 0 aliphatic rings. The number of nitrogens with one attached hydrogen (secondary N) is 1. The van der Waals surface area contributed by atoms with Crippen molar-refractivity contribution in [3.05, 3.63) is 70.5 Å². The van der Waals surface area contributed by atoms with E-state index in [1.54, 1.807) is 43.3 Å². The highest BCUT2D eigenvalue weighted by molar-refractivity contribution is 6.30. The molecule has 2 aromatic carbocycles. The van der Waals surface area contributed by atoms with E-state index in [0.717, 1.165) is 11.1 Å². The fourth-order valence-corrected chi connectivity index (χ4v) is 1.78. The van der Waals surface area contributed by atoms with Crippen molar-refractivity contribution in [1.82, 2.24) is 0 Å². The number of carbonyl (C=O) groups is 1. The quantitative estimate of drug-likeness (QED) is 0.832. The molecule has 0 saturated heterocycles. The maximum Gasteiger partial charge on any atom is 0.248 e. The lowest BCUT2D eigenvalue weighted by Crippen LogP contribution is -2.09. The molecular weight excluding hydrogens is 277 g/mol. The van der Waals surface area contributed by atoms with Crippen molar-refractivity contribution in [1.29, 1.82) is 0 Å². The van der Waals surface area contributed by atoms with E-state index in [1.165, 1.54) is 18.2 Å². The van der Waals surface area contributed by atoms with Gasteiger partial charge in [-0.25, -0.2) is 4.39 Å². The van der Waals surface area contributed by atoms with E-state index in [9.17, 15) is 9.18 Å². The van der Waals surface area contributed by atoms with Gasteiger partial charge in [0.1, 0.15) is 5.82 Å². The van der Waals surface area contributed by atoms with Gasteiger partial charge in [0, 0.05) is 16.8 Å². The molecular formula is C16H13ClFNO. The molecule has 20 heavy (non-hydrogen) atoms. The zero-order valence-corrected chi connectivity index (χ0v) is 11.6. The number of halogens is 2. The van der Waals surface area contributed by atoms with Crippen LogP contribution >= 0.6 is 11.6 Å². The average molecular weight is 290 g/mol. The van der Waals surface area contributed by atoms with Crippen LogP contribution in [0.15, 0.2) is 48.5 Å². The topological polar surface area (TPSA) is 29.1 Å². The molecule has 0 spiro atoms. The van der Waals surface area contributed by atoms with E-state index in [2.05, 4.69) is 5.32 Å². The number of anilines is 1. The van der Waals surface area contributed by atoms with Gasteiger partial charge in [0.05, 0.1) is 0 Å². The summed E-state index contributed by atoms with van der Waals surface area (Å²) in [5, 5.41) is 3.28. The maximum atomic E-state index is 13.1. The first kappa shape index (κ1) is 14.3. The van der Waals surface area contributed by atoms with Crippen LogP contribution in [0, 0.1) is 12.7 Å². The Bertz CT molecular complexity index is 650. The lowest BCUT2D eigenvalue weighted by Gasteiger charge is -2.06. The summed E-state index contributed by atoms with van der Waals surface area (Å²) in [6.45, 7) is 1.80. The summed E-state index contributed by atoms with van der Waals surface area (Å²) in [5.74, 6) is -0.693. The summed E-state index contributed by atoms with van der Waals surface area (Å²) in [5.41, 5.74) is 2.14. The summed E-state index contributed by atoms with van der Waals surface area (Å²) in [6.07, 6.45) is 3.06. The third-order valence-electron chi connectivity index (χ3n) is 2.75. The van der Waals surface area contributed by atoms with Crippen LogP contribution in [0.3, 0.4) is 0 Å². The van der Waals surface area contributed by atoms with Crippen LogP contribution in [-0.2, 0) is 4.79 Å². The van der Waals surface area contributed by atoms with Gasteiger partial charge in [-0.05, 0) is 48.4 Å². The largest absolute Gasteiger partial charge is 0.322 e. The minimum Gasteiger partial charge on any atom is -0.322 e. The average Bonchev–Trinajstić information content (AvgIpc) is 2.42. The van der Waals surface area contributed by atoms with E-state index in [-0.39, 0.29) is 11.7 Å². The number of aryl methyl sites for hydroxylation is 1. The smallest absolute Gasteiger partial charge is 0.248 e. The molecule has 2 rings (SSSR count). The fraction of sp³-hybridized carbons (Fsp3) is 0.0625. The number of hydrogen-bond acceptors (Lipinski definition) is 1. The molecule has 0 aromatic heterocycles. The Morgan fingerprint density at radius 3 is 2.60 bits per heavy atom. The van der Waals surface area contributed by atoms with Crippen molar-refractivity contribution in [3.8, 4) is 0 Å². The van der Waals surface area contributed by atoms with Gasteiger partial charge < -0.3 is 5.32 Å². The molecule has 102 valence electrons. The van der Waals surface area contributed by atoms with E-state index >= 15 is 0 Å². The Morgan fingerprint density at radius 1 is 1.20 bits per heavy atom. The number of benzene rings is 2. The number of amides is 1. The summed E-state index contributed by atoms with van der Waals surface area (Å²) in [4.78, 5) is 11.8. The van der Waals surface area contributed by atoms with Gasteiger partial charge in [-0.3, -0.25) is 4.79 Å². The second-order valence-corrected chi connectivity index (χ2v) is 4.77. The third-order valence-corrected chi connectivity index (χ3v) is 3.01. The van der Waals surface area contributed by atoms with Gasteiger partial charge in [0.25, 0.3) is 0 Å². The van der Waals surface area contributed by atoms with Crippen LogP contribution in [0.5, 0.6) is 0 Å². The van der Waals surface area contributed by atoms with Crippen LogP contribution in [0.25, 0.3) is 6.08 Å². The van der Waals surface area contributed by atoms with E-state index < -0.39 is 0 Å². The van der Waals surface area contributed by atoms with Crippen molar-refractivity contribution in [3.63, 3.8) is 0 Å². The Labute approximate surface area is 121 Å². The second-order valence-electron chi connectivity index (χ2n) is 4.33. The molecule has 0 heterocycles. The molecule has 2 aromatic rings. The summed E-state index contributed by atoms with van der Waals surface area (Å²) in [7, 11) is 0. The van der Waals surface area contributed by atoms with Gasteiger partial charge >= 0.3 is 0 Å². The fourth-order valence-electron chi connectivity index (χ4n) is 1.65. The summed E-state index contributed by atoms with van der Waals surface area (Å²) >= 11 is 5.78. The molecule has 1 amide bonds. The first-order valence-corrected chi connectivity index (χ1v) is 6.43. The van der Waals surface area contributed by atoms with E-state index in [0.29, 0.717) is 10.7 Å². The van der Waals surface area contributed by atoms with Gasteiger partial charge in [-0.15, -0.1) is 0 Å². The minimum absolute atomic E-state index is 0.311. The van der Waals surface area contributed by atoms with Gasteiger partial charge in [0.2, 0.25) is 5.91 Å². The molecule has 0 aliphatic heterocycles. The maximum absolute atomic E-state index is 13.1. The van der Waals surface area contributed by atoms with Crippen molar-refractivity contribution < 1.29 is 9.18 Å². The second kappa shape index (κ2) is 6.35. The monoisotopic (exact) mass is 289 g/mol. The minimum atomic E-state index is -0.382. The van der Waals surface area contributed by atoms with E-state index in [1.807, 2.05) is 0 Å². The molecule has 1 N–H and O–H groups in total. The Morgan fingerprint density at radius 2 is 1.90 bits per heavy atom. The number of carbonyl (C=O) groups excluding carboxylic acids is 1. The van der Waals surface area contributed by atoms with Crippen molar-refractivity contribution >= 4 is 29.3 Å². The van der Waals surface area contributed by atoms with Gasteiger partial charge in [-0.1, -0.05) is 29.8 Å². The van der Waals surface area contributed by atoms with Crippen LogP contribution in [0.1, 0.15) is 11.1 Å². The highest BCUT2D eigenvalue weighted by Gasteiger charge is 2.03. The van der Waals surface area contributed by atoms with Crippen LogP contribution in [0.2, 0.25) is 5.02 Å². The Kier molecular flexibility index (Phi) is 4.53. The molecule has 2 nitrogen and oxygen atoms in total. The molecule has 4 heteroatoms. The SMILES string of the molecule is Cc1ccc(F)cc1NC(=O)/C=C/c1ccc(Cl)cc1. The first-order valence-electron chi connectivity index (χ1n) is 6.05. The normalized spacial score (nSPS) is 10.8. The van der Waals surface area contributed by atoms with Crippen molar-refractivity contribution in [2.45, 2.75) is 6.92 Å². The zero-order chi connectivity index (χ0) is 14.5. The summed E-state index contributed by atoms with van der Waals surface area (Å²) < 4.78 is 13.1. The first-order chi connectivity index (χ1) is 9.54. The third kappa shape index (κ3) is 3.93. The van der Waals surface area contributed by atoms with Crippen molar-refractivity contribution in [2.75, 3.05) is 5.32 Å². The highest BCUT2D eigenvalue weighted by atomic mass is 35.5. The van der Waals surface area contributed by atoms with Crippen molar-refractivity contribution in [2.24, 2.45) is 0 Å². The van der Waals surface area contributed by atoms with Gasteiger partial charge in [-0.2, -0.15) is 0 Å². The lowest BCUT2D eigenvalue weighted by atomic mass is 10.2. The molecule has 0 fully saturated rings. The molecule has 0 bridgehead atoms. The van der Waals surface area contributed by atoms with Gasteiger partial charge in [0.15, 0.2) is 0 Å². The van der Waals surface area contributed by atoms with Crippen LogP contribution in [-0.4, -0.2) is 5.91 Å². The molecule has 0 atom stereocenters. The number of hydrogen-bond donors (Lipinski definition) is 1. The predicted octanol–water partition coefficient (Wildman–Crippen LogP) is 4.44. The van der Waals surface area contributed by atoms with E-state index in [4.69, 9.17) is 11.6 Å². The number of rotatable bonds is 3. The van der Waals surface area contributed by atoms with Crippen LogP contribution < -0.4 is 5.32 Å². The predicted molar refractivity (Wildman–Crippen MR) is 80.3 cm³/mol. The molecule has 0 saturated carbocycles. The molecule has 0 aliphatic carbocycles. The highest BCUT2D eigenvalue weighted by Crippen LogP contribution is 2.16. The molecule has 0 unspecified atom stereocenters.